The van der Waals surface area contributed by atoms with Crippen molar-refractivity contribution in [3.8, 4) is 11.5 Å². The molecule has 0 spiro atoms. The quantitative estimate of drug-likeness (QED) is 0.391. The Labute approximate surface area is 207 Å². The number of ether oxygens (including phenoxy) is 2. The van der Waals surface area contributed by atoms with Crippen molar-refractivity contribution in [2.75, 3.05) is 20.8 Å². The first-order valence-corrected chi connectivity index (χ1v) is 11.9. The van der Waals surface area contributed by atoms with Gasteiger partial charge >= 0.3 is 0 Å². The van der Waals surface area contributed by atoms with Crippen LogP contribution >= 0.6 is 0 Å². The molecule has 0 bridgehead atoms. The molecular formula is C29H34N2O4. The van der Waals surface area contributed by atoms with Gasteiger partial charge in [0, 0.05) is 26.4 Å². The van der Waals surface area contributed by atoms with Crippen LogP contribution in [0.2, 0.25) is 0 Å². The van der Waals surface area contributed by atoms with Gasteiger partial charge in [-0.2, -0.15) is 0 Å². The van der Waals surface area contributed by atoms with Gasteiger partial charge in [0.1, 0.15) is 17.5 Å². The lowest BCUT2D eigenvalue weighted by Gasteiger charge is -2.31. The van der Waals surface area contributed by atoms with Crippen LogP contribution in [-0.2, 0) is 22.6 Å². The minimum atomic E-state index is -0.614. The van der Waals surface area contributed by atoms with Gasteiger partial charge in [-0.25, -0.2) is 0 Å². The van der Waals surface area contributed by atoms with Crippen LogP contribution in [0.4, 0.5) is 0 Å². The molecule has 0 fully saturated rings. The van der Waals surface area contributed by atoms with Gasteiger partial charge < -0.3 is 19.7 Å². The fraction of sp³-hybridized carbons (Fsp3) is 0.310. The summed E-state index contributed by atoms with van der Waals surface area (Å²) >= 11 is 0. The predicted molar refractivity (Wildman–Crippen MR) is 137 cm³/mol. The van der Waals surface area contributed by atoms with Crippen molar-refractivity contribution < 1.29 is 19.1 Å². The van der Waals surface area contributed by atoms with Crippen molar-refractivity contribution in [3.63, 3.8) is 0 Å². The topological polar surface area (TPSA) is 67.9 Å². The summed E-state index contributed by atoms with van der Waals surface area (Å²) in [6, 6.07) is 24.5. The molecule has 0 aliphatic carbocycles. The molecule has 6 heteroatoms. The molecule has 0 saturated carbocycles. The highest BCUT2D eigenvalue weighted by molar-refractivity contribution is 5.87. The smallest absolute Gasteiger partial charge is 0.242 e. The summed E-state index contributed by atoms with van der Waals surface area (Å²) in [5.41, 5.74) is 3.12. The molecule has 0 aliphatic rings. The summed E-state index contributed by atoms with van der Waals surface area (Å²) < 4.78 is 11.0. The Bertz CT molecular complexity index is 1080. The average Bonchev–Trinajstić information content (AvgIpc) is 2.90. The van der Waals surface area contributed by atoms with Crippen LogP contribution in [0.5, 0.6) is 11.5 Å². The molecule has 6 nitrogen and oxygen atoms in total. The van der Waals surface area contributed by atoms with Gasteiger partial charge in [0.2, 0.25) is 11.8 Å². The highest BCUT2D eigenvalue weighted by Crippen LogP contribution is 2.20. The highest BCUT2D eigenvalue weighted by Gasteiger charge is 2.29. The zero-order chi connectivity index (χ0) is 25.0. The molecule has 3 aromatic carbocycles. The molecule has 184 valence electrons. The number of hydrogen-bond donors (Lipinski definition) is 1. The van der Waals surface area contributed by atoms with E-state index in [9.17, 15) is 9.59 Å². The number of rotatable bonds is 12. The number of methoxy groups -OCH3 is 1. The summed E-state index contributed by atoms with van der Waals surface area (Å²) in [6.45, 7) is 2.79. The molecule has 0 aromatic heterocycles. The maximum atomic E-state index is 13.5. The van der Waals surface area contributed by atoms with Gasteiger partial charge in [-0.15, -0.1) is 0 Å². The molecule has 3 aromatic rings. The lowest BCUT2D eigenvalue weighted by atomic mass is 10.0. The molecule has 1 N–H and O–H groups in total. The second-order valence-electron chi connectivity index (χ2n) is 8.40. The fourth-order valence-corrected chi connectivity index (χ4v) is 3.92. The van der Waals surface area contributed by atoms with E-state index in [2.05, 4.69) is 5.32 Å². The van der Waals surface area contributed by atoms with E-state index >= 15 is 0 Å². The second kappa shape index (κ2) is 13.2. The van der Waals surface area contributed by atoms with E-state index in [0.717, 1.165) is 28.2 Å². The minimum absolute atomic E-state index is 0.0730. The molecule has 1 atom stereocenters. The van der Waals surface area contributed by atoms with Crippen molar-refractivity contribution >= 4 is 11.8 Å². The third-order valence-corrected chi connectivity index (χ3v) is 5.98. The normalized spacial score (nSPS) is 11.4. The van der Waals surface area contributed by atoms with E-state index < -0.39 is 6.04 Å². The molecule has 0 saturated heterocycles. The van der Waals surface area contributed by atoms with Crippen LogP contribution in [0.1, 0.15) is 29.5 Å². The van der Waals surface area contributed by atoms with E-state index in [-0.39, 0.29) is 18.2 Å². The van der Waals surface area contributed by atoms with E-state index in [1.807, 2.05) is 85.8 Å². The van der Waals surface area contributed by atoms with E-state index in [1.54, 1.807) is 19.1 Å². The lowest BCUT2D eigenvalue weighted by Crippen LogP contribution is -2.49. The van der Waals surface area contributed by atoms with Gasteiger partial charge in [-0.05, 0) is 54.3 Å². The lowest BCUT2D eigenvalue weighted by molar-refractivity contribution is -0.141. The maximum absolute atomic E-state index is 13.5. The number of nitrogens with one attached hydrogen (secondary N) is 1. The van der Waals surface area contributed by atoms with Crippen molar-refractivity contribution in [1.82, 2.24) is 10.2 Å². The zero-order valence-corrected chi connectivity index (χ0v) is 20.7. The Morgan fingerprint density at radius 3 is 2.23 bits per heavy atom. The van der Waals surface area contributed by atoms with Crippen LogP contribution in [0, 0.1) is 6.92 Å². The molecule has 0 unspecified atom stereocenters. The van der Waals surface area contributed by atoms with Crippen molar-refractivity contribution in [3.05, 3.63) is 95.6 Å². The van der Waals surface area contributed by atoms with Gasteiger partial charge in [0.05, 0.1) is 13.7 Å². The van der Waals surface area contributed by atoms with Gasteiger partial charge in [0.15, 0.2) is 0 Å². The Kier molecular flexibility index (Phi) is 9.72. The van der Waals surface area contributed by atoms with E-state index in [0.29, 0.717) is 26.0 Å². The first kappa shape index (κ1) is 25.8. The summed E-state index contributed by atoms with van der Waals surface area (Å²) in [7, 11) is 3.23. The SMILES string of the molecule is CNC(=O)[C@H](Cc1ccccc1)N(Cc1ccccc1C)C(=O)CCCOc1ccc(OC)cc1. The fourth-order valence-electron chi connectivity index (χ4n) is 3.92. The van der Waals surface area contributed by atoms with Crippen molar-refractivity contribution in [2.24, 2.45) is 0 Å². The predicted octanol–water partition coefficient (Wildman–Crippen LogP) is 4.55. The Morgan fingerprint density at radius 2 is 1.57 bits per heavy atom. The van der Waals surface area contributed by atoms with Crippen LogP contribution in [0.15, 0.2) is 78.9 Å². The van der Waals surface area contributed by atoms with Gasteiger partial charge in [-0.1, -0.05) is 54.6 Å². The van der Waals surface area contributed by atoms with Crippen molar-refractivity contribution in [1.29, 1.82) is 0 Å². The second-order valence-corrected chi connectivity index (χ2v) is 8.40. The molecule has 3 rings (SSSR count). The highest BCUT2D eigenvalue weighted by atomic mass is 16.5. The number of nitrogens with zero attached hydrogens (tertiary/aromatic N) is 1. The summed E-state index contributed by atoms with van der Waals surface area (Å²) in [6.07, 6.45) is 1.27. The third-order valence-electron chi connectivity index (χ3n) is 5.98. The monoisotopic (exact) mass is 474 g/mol. The zero-order valence-electron chi connectivity index (χ0n) is 20.7. The van der Waals surface area contributed by atoms with Crippen molar-refractivity contribution in [2.45, 2.75) is 38.8 Å². The first-order valence-electron chi connectivity index (χ1n) is 11.9. The first-order chi connectivity index (χ1) is 17.0. The number of amides is 2. The Morgan fingerprint density at radius 1 is 0.914 bits per heavy atom. The van der Waals surface area contributed by atoms with Gasteiger partial charge in [-0.3, -0.25) is 9.59 Å². The van der Waals surface area contributed by atoms with Crippen LogP contribution < -0.4 is 14.8 Å². The number of hydrogen-bond acceptors (Lipinski definition) is 4. The van der Waals surface area contributed by atoms with Crippen LogP contribution in [0.3, 0.4) is 0 Å². The minimum Gasteiger partial charge on any atom is -0.497 e. The summed E-state index contributed by atoms with van der Waals surface area (Å²) in [5, 5.41) is 2.75. The third kappa shape index (κ3) is 7.60. The standard InChI is InChI=1S/C29H34N2O4/c1-22-10-7-8-13-24(22)21-31(27(29(33)30-2)20-23-11-5-4-6-12-23)28(32)14-9-19-35-26-17-15-25(34-3)16-18-26/h4-8,10-13,15-18,27H,9,14,19-21H2,1-3H3,(H,30,33)/t27-/m0/s1. The largest absolute Gasteiger partial charge is 0.497 e. The number of likely N-dealkylation sites (N-methyl/N-ethyl adjacent to an activating group) is 1. The number of carbonyl (C=O) groups excluding carboxylic acids is 2. The van der Waals surface area contributed by atoms with Crippen LogP contribution in [0.25, 0.3) is 0 Å². The van der Waals surface area contributed by atoms with Gasteiger partial charge in [0.25, 0.3) is 0 Å². The Balaban J connectivity index is 1.73. The molecule has 0 heterocycles. The summed E-state index contributed by atoms with van der Waals surface area (Å²) in [4.78, 5) is 28.2. The Hall–Kier alpha value is -3.80. The maximum Gasteiger partial charge on any atom is 0.242 e. The number of aryl methyl sites for hydroxylation is 1. The molecule has 2 amide bonds. The average molecular weight is 475 g/mol. The summed E-state index contributed by atoms with van der Waals surface area (Å²) in [5.74, 6) is 1.24. The van der Waals surface area contributed by atoms with E-state index in [4.69, 9.17) is 9.47 Å². The number of carbonyl (C=O) groups is 2. The number of benzene rings is 3. The van der Waals surface area contributed by atoms with Crippen LogP contribution in [-0.4, -0.2) is 43.5 Å². The van der Waals surface area contributed by atoms with E-state index in [1.165, 1.54) is 0 Å². The molecule has 0 aliphatic heterocycles. The molecule has 35 heavy (non-hydrogen) atoms. The molecular weight excluding hydrogens is 440 g/mol. The molecule has 0 radical (unpaired) electrons.